The minimum Gasteiger partial charge on any atom is -0.481 e. The van der Waals surface area contributed by atoms with Crippen LogP contribution in [-0.4, -0.2) is 39.4 Å². The molecule has 0 spiro atoms. The fraction of sp³-hybridized carbons (Fsp3) is 0.857. The van der Waals surface area contributed by atoms with Crippen LogP contribution in [0.4, 0.5) is 0 Å². The summed E-state index contributed by atoms with van der Waals surface area (Å²) in [5, 5.41) is 28.2. The fourth-order valence-corrected chi connectivity index (χ4v) is 2.20. The van der Waals surface area contributed by atoms with Gasteiger partial charge < -0.3 is 21.1 Å². The number of aliphatic carboxylic acids is 2. The van der Waals surface area contributed by atoms with Gasteiger partial charge in [0, 0.05) is 6.04 Å². The third kappa shape index (κ3) is 5.88. The number of carboxylic acids is 2. The zero-order valence-corrected chi connectivity index (χ0v) is 12.6. The maximum absolute atomic E-state index is 11.1. The normalized spacial score (nSPS) is 17.8. The topological polar surface area (TPSA) is 121 Å². The largest absolute Gasteiger partial charge is 0.481 e. The Labute approximate surface area is 120 Å². The number of carbonyl (C=O) groups is 2. The van der Waals surface area contributed by atoms with Gasteiger partial charge in [0.15, 0.2) is 0 Å². The van der Waals surface area contributed by atoms with E-state index in [-0.39, 0.29) is 24.7 Å². The molecule has 6 nitrogen and oxygen atoms in total. The maximum Gasteiger partial charge on any atom is 0.306 e. The number of carboxylic acid groups (broad SMARTS) is 2. The molecule has 0 aliphatic rings. The Morgan fingerprint density at radius 1 is 0.900 bits per heavy atom. The highest BCUT2D eigenvalue weighted by Gasteiger charge is 2.31. The second kappa shape index (κ2) is 8.21. The summed E-state index contributed by atoms with van der Waals surface area (Å²) in [6.07, 6.45) is -0.837. The number of rotatable bonds is 9. The minimum atomic E-state index is -1.01. The summed E-state index contributed by atoms with van der Waals surface area (Å²) in [5.74, 6) is -3.44. The van der Waals surface area contributed by atoms with Gasteiger partial charge in [-0.25, -0.2) is 0 Å². The van der Waals surface area contributed by atoms with E-state index in [1.54, 1.807) is 27.7 Å². The Bertz CT molecular complexity index is 298. The van der Waals surface area contributed by atoms with Gasteiger partial charge in [-0.05, 0) is 24.7 Å². The third-order valence-corrected chi connectivity index (χ3v) is 3.76. The molecule has 0 saturated carbocycles. The maximum atomic E-state index is 11.1. The lowest BCUT2D eigenvalue weighted by Gasteiger charge is -2.27. The van der Waals surface area contributed by atoms with Crippen molar-refractivity contribution >= 4 is 11.9 Å². The molecule has 0 bridgehead atoms. The molecule has 0 heterocycles. The van der Waals surface area contributed by atoms with Crippen molar-refractivity contribution in [2.45, 2.75) is 52.7 Å². The number of nitrogens with two attached hydrogens (primary N) is 1. The van der Waals surface area contributed by atoms with Gasteiger partial charge in [0.2, 0.25) is 0 Å². The van der Waals surface area contributed by atoms with Crippen LogP contribution in [0, 0.1) is 23.7 Å². The summed E-state index contributed by atoms with van der Waals surface area (Å²) in [6, 6.07) is -0.737. The Morgan fingerprint density at radius 2 is 1.25 bits per heavy atom. The predicted molar refractivity (Wildman–Crippen MR) is 75.1 cm³/mol. The highest BCUT2D eigenvalue weighted by atomic mass is 16.4. The predicted octanol–water partition coefficient (Wildman–Crippen LogP) is 1.17. The quantitative estimate of drug-likeness (QED) is 0.505. The first-order valence-electron chi connectivity index (χ1n) is 6.97. The van der Waals surface area contributed by atoms with Crippen molar-refractivity contribution < 1.29 is 24.9 Å². The van der Waals surface area contributed by atoms with Crippen LogP contribution in [0.1, 0.15) is 40.5 Å². The zero-order chi connectivity index (χ0) is 16.0. The molecule has 0 unspecified atom stereocenters. The van der Waals surface area contributed by atoms with Crippen molar-refractivity contribution in [3.8, 4) is 0 Å². The number of hydrogen-bond donors (Lipinski definition) is 4. The smallest absolute Gasteiger partial charge is 0.306 e. The second-order valence-electron chi connectivity index (χ2n) is 6.08. The van der Waals surface area contributed by atoms with Crippen molar-refractivity contribution in [2.24, 2.45) is 29.4 Å². The summed E-state index contributed by atoms with van der Waals surface area (Å²) in [7, 11) is 0. The average molecular weight is 289 g/mol. The molecule has 0 aliphatic heterocycles. The van der Waals surface area contributed by atoms with Crippen LogP contribution >= 0.6 is 0 Å². The van der Waals surface area contributed by atoms with Gasteiger partial charge in [0.1, 0.15) is 0 Å². The molecule has 20 heavy (non-hydrogen) atoms. The summed E-state index contributed by atoms with van der Waals surface area (Å²) in [6.45, 7) is 7.11. The Balaban J connectivity index is 4.64. The van der Waals surface area contributed by atoms with E-state index >= 15 is 0 Å². The Morgan fingerprint density at radius 3 is 1.55 bits per heavy atom. The van der Waals surface area contributed by atoms with Crippen LogP contribution < -0.4 is 5.73 Å². The van der Waals surface area contributed by atoms with Crippen LogP contribution in [0.5, 0.6) is 0 Å². The van der Waals surface area contributed by atoms with Gasteiger partial charge in [-0.2, -0.15) is 0 Å². The lowest BCUT2D eigenvalue weighted by atomic mass is 9.83. The monoisotopic (exact) mass is 289 g/mol. The number of aliphatic hydroxyl groups is 1. The summed E-state index contributed by atoms with van der Waals surface area (Å²) >= 11 is 0. The summed E-state index contributed by atoms with van der Waals surface area (Å²) in [4.78, 5) is 22.2. The zero-order valence-electron chi connectivity index (χ0n) is 12.6. The van der Waals surface area contributed by atoms with E-state index in [0.717, 1.165) is 0 Å². The lowest BCUT2D eigenvalue weighted by Crippen LogP contribution is -2.41. The first-order valence-corrected chi connectivity index (χ1v) is 6.97. The molecule has 0 saturated heterocycles. The molecule has 0 radical (unpaired) electrons. The molecule has 6 heteroatoms. The van der Waals surface area contributed by atoms with Crippen LogP contribution in [-0.2, 0) is 9.59 Å². The van der Waals surface area contributed by atoms with Gasteiger partial charge in [0.05, 0.1) is 17.9 Å². The molecule has 5 N–H and O–H groups in total. The highest BCUT2D eigenvalue weighted by Crippen LogP contribution is 2.23. The molecular formula is C14H27NO5. The van der Waals surface area contributed by atoms with E-state index in [1.165, 1.54) is 0 Å². The van der Waals surface area contributed by atoms with Crippen molar-refractivity contribution in [3.63, 3.8) is 0 Å². The molecule has 0 rings (SSSR count). The average Bonchev–Trinajstić information content (AvgIpc) is 2.30. The van der Waals surface area contributed by atoms with Crippen molar-refractivity contribution in [2.75, 3.05) is 0 Å². The minimum absolute atomic E-state index is 0.0403. The van der Waals surface area contributed by atoms with E-state index < -0.39 is 35.9 Å². The van der Waals surface area contributed by atoms with E-state index in [0.29, 0.717) is 0 Å². The molecular weight excluding hydrogens is 262 g/mol. The van der Waals surface area contributed by atoms with Crippen LogP contribution in [0.3, 0.4) is 0 Å². The van der Waals surface area contributed by atoms with Gasteiger partial charge in [-0.1, -0.05) is 27.7 Å². The van der Waals surface area contributed by atoms with Crippen LogP contribution in [0.25, 0.3) is 0 Å². The first kappa shape index (κ1) is 18.9. The SMILES string of the molecule is CC(C)[C@H](C[C@H](O)[C@@H](N)C[C@@H](C(=O)O)C(C)C)C(=O)O. The molecule has 0 fully saturated rings. The molecule has 0 aliphatic carbocycles. The Hall–Kier alpha value is -1.14. The van der Waals surface area contributed by atoms with Crippen LogP contribution in [0.2, 0.25) is 0 Å². The van der Waals surface area contributed by atoms with E-state index in [4.69, 9.17) is 15.9 Å². The number of hydrogen-bond acceptors (Lipinski definition) is 4. The third-order valence-electron chi connectivity index (χ3n) is 3.76. The summed E-state index contributed by atoms with van der Waals surface area (Å²) in [5.41, 5.74) is 5.84. The van der Waals surface area contributed by atoms with E-state index in [2.05, 4.69) is 0 Å². The molecule has 0 aromatic carbocycles. The van der Waals surface area contributed by atoms with Crippen molar-refractivity contribution in [1.29, 1.82) is 0 Å². The van der Waals surface area contributed by atoms with Gasteiger partial charge >= 0.3 is 11.9 Å². The molecule has 4 atom stereocenters. The molecule has 0 amide bonds. The fourth-order valence-electron chi connectivity index (χ4n) is 2.20. The van der Waals surface area contributed by atoms with Gasteiger partial charge in [-0.3, -0.25) is 9.59 Å². The molecule has 118 valence electrons. The standard InChI is InChI=1S/C14H27NO5/c1-7(2)9(13(17)18)5-11(15)12(16)6-10(8(3)4)14(19)20/h7-12,16H,5-6,15H2,1-4H3,(H,17,18)(H,19,20)/t9-,10+,11+,12+/m1/s1. The Kier molecular flexibility index (Phi) is 7.75. The second-order valence-corrected chi connectivity index (χ2v) is 6.08. The van der Waals surface area contributed by atoms with Gasteiger partial charge in [-0.15, -0.1) is 0 Å². The van der Waals surface area contributed by atoms with Crippen molar-refractivity contribution in [1.82, 2.24) is 0 Å². The highest BCUT2D eigenvalue weighted by molar-refractivity contribution is 5.70. The van der Waals surface area contributed by atoms with Crippen molar-refractivity contribution in [3.05, 3.63) is 0 Å². The molecule has 0 aromatic heterocycles. The molecule has 0 aromatic rings. The van der Waals surface area contributed by atoms with Crippen LogP contribution in [0.15, 0.2) is 0 Å². The summed E-state index contributed by atoms with van der Waals surface area (Å²) < 4.78 is 0. The van der Waals surface area contributed by atoms with E-state index in [9.17, 15) is 14.7 Å². The van der Waals surface area contributed by atoms with E-state index in [1.807, 2.05) is 0 Å². The first-order chi connectivity index (χ1) is 9.07. The van der Waals surface area contributed by atoms with Gasteiger partial charge in [0.25, 0.3) is 0 Å². The lowest BCUT2D eigenvalue weighted by molar-refractivity contribution is -0.146. The number of aliphatic hydroxyl groups excluding tert-OH is 1.